The first-order valence-corrected chi connectivity index (χ1v) is 7.97. The van der Waals surface area contributed by atoms with E-state index in [1.54, 1.807) is 0 Å². The van der Waals surface area contributed by atoms with Crippen LogP contribution in [0.5, 0.6) is 0 Å². The van der Waals surface area contributed by atoms with Crippen LogP contribution < -0.4 is 0 Å². The summed E-state index contributed by atoms with van der Waals surface area (Å²) in [5, 5.41) is 1.14. The predicted octanol–water partition coefficient (Wildman–Crippen LogP) is 4.94. The molecule has 1 nitrogen and oxygen atoms in total. The Morgan fingerprint density at radius 3 is 2.61 bits per heavy atom. The molecule has 1 atom stereocenters. The van der Waals surface area contributed by atoms with Crippen LogP contribution in [-0.4, -0.2) is 23.4 Å². The minimum absolute atomic E-state index is 0.295. The summed E-state index contributed by atoms with van der Waals surface area (Å²) in [5.41, 5.74) is 1.21. The highest BCUT2D eigenvalue weighted by Gasteiger charge is 2.22. The quantitative estimate of drug-likeness (QED) is 0.697. The van der Waals surface area contributed by atoms with E-state index < -0.39 is 0 Å². The third-order valence-corrected chi connectivity index (χ3v) is 4.89. The average Bonchev–Trinajstić information content (AvgIpc) is 2.33. The molecule has 1 heterocycles. The molecule has 1 saturated heterocycles. The summed E-state index contributed by atoms with van der Waals surface area (Å²) in [6.07, 6.45) is 2.39. The van der Waals surface area contributed by atoms with Crippen LogP contribution in [0.15, 0.2) is 22.7 Å². The minimum atomic E-state index is 0.295. The summed E-state index contributed by atoms with van der Waals surface area (Å²) < 4.78 is 1.03. The lowest BCUT2D eigenvalue weighted by atomic mass is 9.94. The van der Waals surface area contributed by atoms with Gasteiger partial charge in [-0.25, -0.2) is 0 Å². The highest BCUT2D eigenvalue weighted by atomic mass is 79.9. The Morgan fingerprint density at radius 2 is 2.06 bits per heavy atom. The molecular formula is C14H18BrCl2N. The molecule has 0 aliphatic carbocycles. The first-order valence-electron chi connectivity index (χ1n) is 6.36. The first kappa shape index (κ1) is 14.6. The second-order valence-electron chi connectivity index (χ2n) is 5.03. The molecule has 1 unspecified atom stereocenters. The summed E-state index contributed by atoms with van der Waals surface area (Å²) in [6, 6.07) is 6.11. The van der Waals surface area contributed by atoms with E-state index in [1.807, 2.05) is 6.07 Å². The van der Waals surface area contributed by atoms with Crippen LogP contribution in [0.2, 0.25) is 5.02 Å². The van der Waals surface area contributed by atoms with E-state index in [-0.39, 0.29) is 0 Å². The largest absolute Gasteiger partial charge is 0.299 e. The van der Waals surface area contributed by atoms with Crippen LogP contribution in [-0.2, 0) is 6.54 Å². The number of piperidine rings is 1. The van der Waals surface area contributed by atoms with Crippen molar-refractivity contribution < 1.29 is 0 Å². The lowest BCUT2D eigenvalue weighted by Gasteiger charge is -2.33. The topological polar surface area (TPSA) is 3.24 Å². The Morgan fingerprint density at radius 1 is 1.39 bits per heavy atom. The van der Waals surface area contributed by atoms with Gasteiger partial charge in [-0.3, -0.25) is 4.90 Å². The number of alkyl halides is 1. The van der Waals surface area contributed by atoms with Crippen LogP contribution in [0, 0.1) is 5.92 Å². The van der Waals surface area contributed by atoms with Gasteiger partial charge in [-0.05, 0) is 56.5 Å². The molecule has 1 fully saturated rings. The van der Waals surface area contributed by atoms with Gasteiger partial charge in [0.25, 0.3) is 0 Å². The molecule has 0 spiro atoms. The second kappa shape index (κ2) is 6.60. The van der Waals surface area contributed by atoms with Crippen molar-refractivity contribution in [2.45, 2.75) is 31.7 Å². The zero-order valence-corrected chi connectivity index (χ0v) is 13.6. The standard InChI is InChI=1S/C14H18BrCl2N/c1-10(16)11-4-6-18(7-5-11)9-12-2-3-13(15)8-14(12)17/h2-3,8,10-11H,4-7,9H2,1H3. The van der Waals surface area contributed by atoms with E-state index in [0.717, 1.165) is 29.1 Å². The van der Waals surface area contributed by atoms with Crippen molar-refractivity contribution in [3.8, 4) is 0 Å². The molecule has 0 bridgehead atoms. The third kappa shape index (κ3) is 3.86. The van der Waals surface area contributed by atoms with Gasteiger partial charge in [-0.15, -0.1) is 11.6 Å². The maximum atomic E-state index is 6.25. The molecule has 0 radical (unpaired) electrons. The summed E-state index contributed by atoms with van der Waals surface area (Å²) in [6.45, 7) is 5.28. The Balaban J connectivity index is 1.91. The number of hydrogen-bond donors (Lipinski definition) is 0. The summed E-state index contributed by atoms with van der Waals surface area (Å²) in [5.74, 6) is 0.670. The van der Waals surface area contributed by atoms with Gasteiger partial charge in [0, 0.05) is 21.4 Å². The van der Waals surface area contributed by atoms with Crippen molar-refractivity contribution in [2.75, 3.05) is 13.1 Å². The van der Waals surface area contributed by atoms with Crippen molar-refractivity contribution >= 4 is 39.1 Å². The minimum Gasteiger partial charge on any atom is -0.299 e. The fraction of sp³-hybridized carbons (Fsp3) is 0.571. The van der Waals surface area contributed by atoms with Crippen LogP contribution >= 0.6 is 39.1 Å². The summed E-state index contributed by atoms with van der Waals surface area (Å²) >= 11 is 15.8. The van der Waals surface area contributed by atoms with Gasteiger partial charge < -0.3 is 0 Å². The lowest BCUT2D eigenvalue weighted by molar-refractivity contribution is 0.176. The lowest BCUT2D eigenvalue weighted by Crippen LogP contribution is -2.35. The number of nitrogens with zero attached hydrogens (tertiary/aromatic N) is 1. The fourth-order valence-corrected chi connectivity index (χ4v) is 3.45. The first-order chi connectivity index (χ1) is 8.56. The molecule has 0 aromatic heterocycles. The molecular weight excluding hydrogens is 333 g/mol. The van der Waals surface area contributed by atoms with E-state index >= 15 is 0 Å². The molecule has 1 aliphatic rings. The number of halogens is 3. The number of hydrogen-bond acceptors (Lipinski definition) is 1. The average molecular weight is 351 g/mol. The summed E-state index contributed by atoms with van der Waals surface area (Å²) in [7, 11) is 0. The Hall–Kier alpha value is 0.240. The molecule has 0 saturated carbocycles. The maximum absolute atomic E-state index is 6.25. The molecule has 4 heteroatoms. The Bertz CT molecular complexity index is 401. The molecule has 1 aliphatic heterocycles. The van der Waals surface area contributed by atoms with Crippen LogP contribution in [0.25, 0.3) is 0 Å². The van der Waals surface area contributed by atoms with E-state index in [0.29, 0.717) is 11.3 Å². The molecule has 18 heavy (non-hydrogen) atoms. The molecule has 1 aromatic carbocycles. The number of benzene rings is 1. The van der Waals surface area contributed by atoms with Gasteiger partial charge in [0.2, 0.25) is 0 Å². The highest BCUT2D eigenvalue weighted by Crippen LogP contribution is 2.27. The van der Waals surface area contributed by atoms with Gasteiger partial charge in [-0.2, -0.15) is 0 Å². The highest BCUT2D eigenvalue weighted by molar-refractivity contribution is 9.10. The van der Waals surface area contributed by atoms with Gasteiger partial charge in [-0.1, -0.05) is 33.6 Å². The zero-order chi connectivity index (χ0) is 13.1. The van der Waals surface area contributed by atoms with Crippen LogP contribution in [0.3, 0.4) is 0 Å². The molecule has 2 rings (SSSR count). The van der Waals surface area contributed by atoms with Crippen molar-refractivity contribution in [3.63, 3.8) is 0 Å². The van der Waals surface area contributed by atoms with Gasteiger partial charge in [0.05, 0.1) is 0 Å². The Kier molecular flexibility index (Phi) is 5.37. The summed E-state index contributed by atoms with van der Waals surface area (Å²) in [4.78, 5) is 2.46. The van der Waals surface area contributed by atoms with E-state index in [2.05, 4.69) is 39.9 Å². The van der Waals surface area contributed by atoms with E-state index in [4.69, 9.17) is 23.2 Å². The van der Waals surface area contributed by atoms with Crippen LogP contribution in [0.1, 0.15) is 25.3 Å². The van der Waals surface area contributed by atoms with Crippen molar-refractivity contribution in [2.24, 2.45) is 5.92 Å². The Labute approximate surface area is 128 Å². The van der Waals surface area contributed by atoms with Crippen molar-refractivity contribution in [1.29, 1.82) is 0 Å². The monoisotopic (exact) mass is 349 g/mol. The third-order valence-electron chi connectivity index (χ3n) is 3.69. The predicted molar refractivity (Wildman–Crippen MR) is 82.5 cm³/mol. The van der Waals surface area contributed by atoms with E-state index in [9.17, 15) is 0 Å². The normalized spacial score (nSPS) is 20.0. The molecule has 0 N–H and O–H groups in total. The van der Waals surface area contributed by atoms with Gasteiger partial charge in [0.1, 0.15) is 0 Å². The fourth-order valence-electron chi connectivity index (χ4n) is 2.46. The zero-order valence-electron chi connectivity index (χ0n) is 10.5. The van der Waals surface area contributed by atoms with Crippen molar-refractivity contribution in [1.82, 2.24) is 4.90 Å². The molecule has 1 aromatic rings. The van der Waals surface area contributed by atoms with Gasteiger partial charge >= 0.3 is 0 Å². The maximum Gasteiger partial charge on any atom is 0.0462 e. The molecule has 100 valence electrons. The SMILES string of the molecule is CC(Cl)C1CCN(Cc2ccc(Br)cc2Cl)CC1. The van der Waals surface area contributed by atoms with E-state index in [1.165, 1.54) is 18.4 Å². The van der Waals surface area contributed by atoms with Crippen LogP contribution in [0.4, 0.5) is 0 Å². The smallest absolute Gasteiger partial charge is 0.0462 e. The van der Waals surface area contributed by atoms with Gasteiger partial charge in [0.15, 0.2) is 0 Å². The van der Waals surface area contributed by atoms with Crippen molar-refractivity contribution in [3.05, 3.63) is 33.3 Å². The second-order valence-corrected chi connectivity index (χ2v) is 7.04. The molecule has 0 amide bonds. The number of rotatable bonds is 3. The number of likely N-dealkylation sites (tertiary alicyclic amines) is 1.